The van der Waals surface area contributed by atoms with Gasteiger partial charge in [-0.2, -0.15) is 5.26 Å². The molecule has 2 aromatic carbocycles. The number of hydrogen-bond acceptors (Lipinski definition) is 7. The standard InChI is InChI=1S/C20H16N2O5/c1-20(2)18(23)17(13-8-11(10-21)4-6-15(13)26-20)25-19-14-9-12(24-3)5-7-16(14)27-22-19/h4,6,8-9,17-18,23H,1-3H3/t17-,18+/m1/s1. The maximum absolute atomic E-state index is 10.8. The normalized spacial score (nSPS) is 20.1. The molecule has 2 heterocycles. The van der Waals surface area contributed by atoms with Gasteiger partial charge in [-0.25, -0.2) is 0 Å². The summed E-state index contributed by atoms with van der Waals surface area (Å²) in [5.74, 6) is 1.18. The third-order valence-electron chi connectivity index (χ3n) is 4.55. The highest BCUT2D eigenvalue weighted by Crippen LogP contribution is 2.43. The van der Waals surface area contributed by atoms with E-state index in [1.807, 2.05) is 0 Å². The summed E-state index contributed by atoms with van der Waals surface area (Å²) < 4.78 is 22.3. The molecule has 1 N–H and O–H groups in total. The molecule has 0 spiro atoms. The van der Waals surface area contributed by atoms with E-state index in [1.54, 1.807) is 38.1 Å². The van der Waals surface area contributed by atoms with E-state index < -0.39 is 17.8 Å². The Labute approximate surface area is 155 Å². The fourth-order valence-corrected chi connectivity index (χ4v) is 3.04. The smallest absolute Gasteiger partial charge is 0.263 e. The summed E-state index contributed by atoms with van der Waals surface area (Å²) in [6.07, 6.45) is -1.81. The molecule has 4 rings (SSSR count). The number of ether oxygens (including phenoxy) is 3. The van der Waals surface area contributed by atoms with Crippen molar-refractivity contribution in [2.24, 2.45) is 0 Å². The molecule has 3 aromatic rings. The van der Waals surface area contributed by atoms with Crippen molar-refractivity contribution in [3.05, 3.63) is 47.5 Å². The highest BCUT2D eigenvalue weighted by Gasteiger charge is 2.45. The Kier molecular flexibility index (Phi) is 3.83. The molecule has 2 atom stereocenters. The average Bonchev–Trinajstić information content (AvgIpc) is 3.07. The van der Waals surface area contributed by atoms with Gasteiger partial charge in [0.2, 0.25) is 5.58 Å². The Morgan fingerprint density at radius 2 is 2.11 bits per heavy atom. The van der Waals surface area contributed by atoms with Crippen molar-refractivity contribution in [3.8, 4) is 23.4 Å². The van der Waals surface area contributed by atoms with E-state index in [4.69, 9.17) is 18.7 Å². The largest absolute Gasteiger partial charge is 0.489 e. The monoisotopic (exact) mass is 364 g/mol. The number of methoxy groups -OCH3 is 1. The number of benzene rings is 1. The van der Waals surface area contributed by atoms with Gasteiger partial charge in [-0.05, 0) is 49.3 Å². The lowest BCUT2D eigenvalue weighted by Crippen LogP contribution is -2.50. The fourth-order valence-electron chi connectivity index (χ4n) is 3.04. The molecule has 0 saturated heterocycles. The fraction of sp³-hybridized carbons (Fsp3) is 0.300. The van der Waals surface area contributed by atoms with Crippen molar-refractivity contribution < 1.29 is 23.8 Å². The van der Waals surface area contributed by atoms with Crippen LogP contribution in [0.5, 0.6) is 17.4 Å². The number of nitrogens with zero attached hydrogens (tertiary/aromatic N) is 2. The third kappa shape index (κ3) is 2.79. The van der Waals surface area contributed by atoms with Crippen molar-refractivity contribution in [3.63, 3.8) is 0 Å². The summed E-state index contributed by atoms with van der Waals surface area (Å²) in [5.41, 5.74) is 0.462. The zero-order chi connectivity index (χ0) is 19.2. The van der Waals surface area contributed by atoms with Crippen LogP contribution in [0.1, 0.15) is 31.1 Å². The summed E-state index contributed by atoms with van der Waals surface area (Å²) in [6, 6.07) is 14.3. The van der Waals surface area contributed by atoms with Gasteiger partial charge in [0.05, 0.1) is 24.1 Å². The van der Waals surface area contributed by atoms with Gasteiger partial charge in [-0.1, -0.05) is 0 Å². The minimum atomic E-state index is -1.01. The molecule has 1 aliphatic rings. The van der Waals surface area contributed by atoms with Crippen LogP contribution in [0.3, 0.4) is 0 Å². The summed E-state index contributed by atoms with van der Waals surface area (Å²) >= 11 is 0. The van der Waals surface area contributed by atoms with E-state index in [2.05, 4.69) is 23.4 Å². The number of rotatable bonds is 3. The number of aliphatic hydroxyl groups excluding tert-OH is 1. The second kappa shape index (κ2) is 6.08. The highest BCUT2D eigenvalue weighted by atomic mass is 16.6. The van der Waals surface area contributed by atoms with Crippen LogP contribution in [0, 0.1) is 23.5 Å². The summed E-state index contributed by atoms with van der Waals surface area (Å²) in [7, 11) is 1.52. The molecule has 1 aromatic heterocycles. The number of nitriles is 1. The van der Waals surface area contributed by atoms with Gasteiger partial charge < -0.3 is 23.8 Å². The Balaban J connectivity index is 1.80. The third-order valence-corrected chi connectivity index (χ3v) is 4.55. The van der Waals surface area contributed by atoms with E-state index in [-0.39, 0.29) is 5.88 Å². The van der Waals surface area contributed by atoms with Gasteiger partial charge in [0.1, 0.15) is 17.5 Å². The van der Waals surface area contributed by atoms with Crippen LogP contribution >= 0.6 is 0 Å². The SMILES string of the molecule is COc1c#cc2onc(O[C@@H]3c4cc(C#N)ccc4OC(C)(C)[C@H]3O)c2c1. The van der Waals surface area contributed by atoms with E-state index in [0.717, 1.165) is 0 Å². The van der Waals surface area contributed by atoms with E-state index in [0.29, 0.717) is 33.6 Å². The van der Waals surface area contributed by atoms with E-state index >= 15 is 0 Å². The summed E-state index contributed by atoms with van der Waals surface area (Å²) in [4.78, 5) is 0. The first kappa shape index (κ1) is 17.0. The molecule has 1 aliphatic heterocycles. The second-order valence-electron chi connectivity index (χ2n) is 6.75. The van der Waals surface area contributed by atoms with Gasteiger partial charge in [0, 0.05) is 11.6 Å². The van der Waals surface area contributed by atoms with Gasteiger partial charge in [-0.15, -0.1) is 0 Å². The van der Waals surface area contributed by atoms with Crippen LogP contribution in [0.25, 0.3) is 11.0 Å². The van der Waals surface area contributed by atoms with Crippen LogP contribution in [-0.4, -0.2) is 29.1 Å². The summed E-state index contributed by atoms with van der Waals surface area (Å²) in [6.45, 7) is 3.53. The first-order valence-corrected chi connectivity index (χ1v) is 8.28. The molecular weight excluding hydrogens is 348 g/mol. The van der Waals surface area contributed by atoms with Gasteiger partial charge in [-0.3, -0.25) is 0 Å². The van der Waals surface area contributed by atoms with Crippen LogP contribution in [0.2, 0.25) is 0 Å². The molecular formula is C20H16N2O5. The maximum Gasteiger partial charge on any atom is 0.263 e. The molecule has 7 nitrogen and oxygen atoms in total. The lowest BCUT2D eigenvalue weighted by molar-refractivity contribution is -0.104. The Bertz CT molecular complexity index is 1050. The van der Waals surface area contributed by atoms with E-state index in [9.17, 15) is 10.4 Å². The molecule has 7 heteroatoms. The van der Waals surface area contributed by atoms with Crippen LogP contribution in [0.15, 0.2) is 28.8 Å². The van der Waals surface area contributed by atoms with Crippen LogP contribution in [-0.2, 0) is 0 Å². The number of aromatic nitrogens is 1. The van der Waals surface area contributed by atoms with Crippen molar-refractivity contribution in [2.75, 3.05) is 7.11 Å². The minimum absolute atomic E-state index is 0.184. The Morgan fingerprint density at radius 1 is 1.30 bits per heavy atom. The predicted molar refractivity (Wildman–Crippen MR) is 93.5 cm³/mol. The lowest BCUT2D eigenvalue weighted by atomic mass is 9.87. The van der Waals surface area contributed by atoms with Gasteiger partial charge in [0.25, 0.3) is 5.88 Å². The van der Waals surface area contributed by atoms with Crippen LogP contribution < -0.4 is 14.2 Å². The number of aliphatic hydroxyl groups is 1. The molecule has 0 amide bonds. The zero-order valence-electron chi connectivity index (χ0n) is 14.9. The van der Waals surface area contributed by atoms with Crippen LogP contribution in [0.4, 0.5) is 0 Å². The van der Waals surface area contributed by atoms with E-state index in [1.165, 1.54) is 7.11 Å². The topological polar surface area (TPSA) is 97.7 Å². The molecule has 0 unspecified atom stereocenters. The lowest BCUT2D eigenvalue weighted by Gasteiger charge is -2.41. The van der Waals surface area contributed by atoms with Crippen molar-refractivity contribution in [1.82, 2.24) is 5.16 Å². The van der Waals surface area contributed by atoms with Crippen molar-refractivity contribution in [1.29, 1.82) is 5.26 Å². The molecule has 0 bridgehead atoms. The molecule has 136 valence electrons. The zero-order valence-corrected chi connectivity index (χ0v) is 14.9. The molecule has 0 radical (unpaired) electrons. The quantitative estimate of drug-likeness (QED) is 0.763. The average molecular weight is 364 g/mol. The first-order chi connectivity index (χ1) is 12.9. The van der Waals surface area contributed by atoms with Gasteiger partial charge >= 0.3 is 0 Å². The number of hydrogen-bond donors (Lipinski definition) is 1. The first-order valence-electron chi connectivity index (χ1n) is 8.28. The number of fused-ring (bicyclic) bond motifs is 2. The Morgan fingerprint density at radius 3 is 2.85 bits per heavy atom. The van der Waals surface area contributed by atoms with Crippen molar-refractivity contribution in [2.45, 2.75) is 31.7 Å². The second-order valence-corrected chi connectivity index (χ2v) is 6.75. The van der Waals surface area contributed by atoms with Gasteiger partial charge in [0.15, 0.2) is 11.9 Å². The molecule has 0 saturated carbocycles. The molecule has 0 fully saturated rings. The summed E-state index contributed by atoms with van der Waals surface area (Å²) in [5, 5.41) is 24.5. The molecule has 27 heavy (non-hydrogen) atoms. The predicted octanol–water partition coefficient (Wildman–Crippen LogP) is 2.96. The highest BCUT2D eigenvalue weighted by molar-refractivity contribution is 5.81. The van der Waals surface area contributed by atoms with Crippen molar-refractivity contribution >= 4 is 11.0 Å². The minimum Gasteiger partial charge on any atom is -0.489 e. The Hall–Kier alpha value is -3.42. The molecule has 0 aliphatic carbocycles. The maximum atomic E-state index is 10.8.